The zero-order chi connectivity index (χ0) is 16.5. The van der Waals surface area contributed by atoms with E-state index in [-0.39, 0.29) is 11.9 Å². The number of piperidine rings is 1. The molecule has 0 amide bonds. The number of ether oxygens (including phenoxy) is 1. The predicted molar refractivity (Wildman–Crippen MR) is 93.3 cm³/mol. The number of aliphatic imine (C=N–C) groups is 1. The summed E-state index contributed by atoms with van der Waals surface area (Å²) < 4.78 is 18.9. The van der Waals surface area contributed by atoms with Crippen LogP contribution in [0.25, 0.3) is 0 Å². The SMILES string of the molecule is Nc1ccc2c(c1)N=C(N1CCC(Oc3ccc(F)cc3)CC1)C2. The van der Waals surface area contributed by atoms with Crippen molar-refractivity contribution in [3.05, 3.63) is 53.8 Å². The number of fused-ring (bicyclic) bond motifs is 1. The number of likely N-dealkylation sites (tertiary alicyclic amines) is 1. The highest BCUT2D eigenvalue weighted by Crippen LogP contribution is 2.30. The number of nitrogens with zero attached hydrogens (tertiary/aromatic N) is 2. The lowest BCUT2D eigenvalue weighted by molar-refractivity contribution is 0.130. The standard InChI is InChI=1S/C19H20FN3O/c20-14-2-5-16(6-3-14)24-17-7-9-23(10-8-17)19-11-13-1-4-15(21)12-18(13)22-19/h1-6,12,17H,7-11,21H2. The molecule has 0 aromatic heterocycles. The first-order valence-electron chi connectivity index (χ1n) is 8.30. The molecule has 1 saturated heterocycles. The molecule has 2 aromatic carbocycles. The van der Waals surface area contributed by atoms with E-state index in [1.165, 1.54) is 17.7 Å². The first kappa shape index (κ1) is 15.0. The lowest BCUT2D eigenvalue weighted by Gasteiger charge is -2.33. The fraction of sp³-hybridized carbons (Fsp3) is 0.316. The Hall–Kier alpha value is -2.56. The second-order valence-corrected chi connectivity index (χ2v) is 6.35. The number of rotatable bonds is 2. The van der Waals surface area contributed by atoms with Crippen LogP contribution in [0.15, 0.2) is 47.5 Å². The number of nitrogens with two attached hydrogens (primary N) is 1. The van der Waals surface area contributed by atoms with E-state index in [9.17, 15) is 4.39 Å². The lowest BCUT2D eigenvalue weighted by atomic mass is 10.1. The maximum atomic E-state index is 12.9. The molecule has 0 spiro atoms. The Labute approximate surface area is 140 Å². The zero-order valence-corrected chi connectivity index (χ0v) is 13.4. The van der Waals surface area contributed by atoms with E-state index in [1.54, 1.807) is 12.1 Å². The molecule has 5 heteroatoms. The van der Waals surface area contributed by atoms with Gasteiger partial charge in [-0.25, -0.2) is 9.38 Å². The van der Waals surface area contributed by atoms with Gasteiger partial charge in [0.1, 0.15) is 23.5 Å². The van der Waals surface area contributed by atoms with E-state index in [0.29, 0.717) is 0 Å². The molecule has 124 valence electrons. The zero-order valence-electron chi connectivity index (χ0n) is 13.4. The summed E-state index contributed by atoms with van der Waals surface area (Å²) in [6, 6.07) is 12.2. The van der Waals surface area contributed by atoms with Gasteiger partial charge in [-0.1, -0.05) is 6.07 Å². The summed E-state index contributed by atoms with van der Waals surface area (Å²) >= 11 is 0. The normalized spacial score (nSPS) is 17.5. The highest BCUT2D eigenvalue weighted by Gasteiger charge is 2.26. The minimum absolute atomic E-state index is 0.173. The molecule has 2 aromatic rings. The van der Waals surface area contributed by atoms with Gasteiger partial charge in [-0.2, -0.15) is 0 Å². The van der Waals surface area contributed by atoms with Crippen molar-refractivity contribution in [2.75, 3.05) is 18.8 Å². The van der Waals surface area contributed by atoms with Gasteiger partial charge in [0.25, 0.3) is 0 Å². The molecule has 0 aliphatic carbocycles. The van der Waals surface area contributed by atoms with E-state index >= 15 is 0 Å². The van der Waals surface area contributed by atoms with Crippen molar-refractivity contribution in [3.8, 4) is 5.75 Å². The number of hydrogen-bond acceptors (Lipinski definition) is 4. The number of benzene rings is 2. The van der Waals surface area contributed by atoms with Crippen molar-refractivity contribution in [2.45, 2.75) is 25.4 Å². The van der Waals surface area contributed by atoms with Crippen molar-refractivity contribution in [1.29, 1.82) is 0 Å². The van der Waals surface area contributed by atoms with Crippen molar-refractivity contribution < 1.29 is 9.13 Å². The molecule has 1 fully saturated rings. The summed E-state index contributed by atoms with van der Waals surface area (Å²) in [5.41, 5.74) is 8.82. The largest absolute Gasteiger partial charge is 0.490 e. The van der Waals surface area contributed by atoms with Crippen LogP contribution in [0.1, 0.15) is 18.4 Å². The van der Waals surface area contributed by atoms with Crippen molar-refractivity contribution in [3.63, 3.8) is 0 Å². The van der Waals surface area contributed by atoms with E-state index in [0.717, 1.165) is 55.3 Å². The molecule has 2 N–H and O–H groups in total. The second kappa shape index (κ2) is 6.15. The molecule has 4 rings (SSSR count). The smallest absolute Gasteiger partial charge is 0.123 e. The van der Waals surface area contributed by atoms with Gasteiger partial charge in [0.05, 0.1) is 5.69 Å². The van der Waals surface area contributed by atoms with Crippen LogP contribution >= 0.6 is 0 Å². The molecule has 0 radical (unpaired) electrons. The van der Waals surface area contributed by atoms with Gasteiger partial charge in [0.15, 0.2) is 0 Å². The van der Waals surface area contributed by atoms with E-state index in [2.05, 4.69) is 11.0 Å². The first-order chi connectivity index (χ1) is 11.7. The Morgan fingerprint density at radius 1 is 1.08 bits per heavy atom. The molecule has 24 heavy (non-hydrogen) atoms. The van der Waals surface area contributed by atoms with Gasteiger partial charge in [0, 0.05) is 38.0 Å². The fourth-order valence-corrected chi connectivity index (χ4v) is 3.30. The maximum Gasteiger partial charge on any atom is 0.123 e. The number of anilines is 1. The van der Waals surface area contributed by atoms with E-state index in [1.807, 2.05) is 12.1 Å². The van der Waals surface area contributed by atoms with E-state index in [4.69, 9.17) is 15.5 Å². The molecule has 4 nitrogen and oxygen atoms in total. The number of hydrogen-bond donors (Lipinski definition) is 1. The molecular formula is C19H20FN3O. The fourth-order valence-electron chi connectivity index (χ4n) is 3.30. The third kappa shape index (κ3) is 3.07. The minimum atomic E-state index is -0.239. The molecule has 0 bridgehead atoms. The molecule has 0 unspecified atom stereocenters. The molecule has 0 saturated carbocycles. The quantitative estimate of drug-likeness (QED) is 0.859. The van der Waals surface area contributed by atoms with Crippen LogP contribution in [0.3, 0.4) is 0 Å². The molecule has 0 atom stereocenters. The summed E-state index contributed by atoms with van der Waals surface area (Å²) in [4.78, 5) is 7.07. The minimum Gasteiger partial charge on any atom is -0.490 e. The average molecular weight is 325 g/mol. The van der Waals surface area contributed by atoms with Crippen LogP contribution in [-0.2, 0) is 6.42 Å². The number of nitrogen functional groups attached to an aromatic ring is 1. The van der Waals surface area contributed by atoms with Crippen LogP contribution in [0.4, 0.5) is 15.8 Å². The van der Waals surface area contributed by atoms with Crippen molar-refractivity contribution in [1.82, 2.24) is 4.90 Å². The van der Waals surface area contributed by atoms with Gasteiger partial charge in [-0.3, -0.25) is 0 Å². The summed E-state index contributed by atoms with van der Waals surface area (Å²) in [5.74, 6) is 1.61. The Morgan fingerprint density at radius 2 is 1.83 bits per heavy atom. The average Bonchev–Trinajstić information content (AvgIpc) is 3.01. The van der Waals surface area contributed by atoms with Crippen LogP contribution < -0.4 is 10.5 Å². The highest BCUT2D eigenvalue weighted by molar-refractivity contribution is 5.92. The van der Waals surface area contributed by atoms with Crippen LogP contribution in [0, 0.1) is 5.82 Å². The van der Waals surface area contributed by atoms with E-state index < -0.39 is 0 Å². The lowest BCUT2D eigenvalue weighted by Crippen LogP contribution is -2.41. The predicted octanol–water partition coefficient (Wildman–Crippen LogP) is 3.54. The molecule has 2 aliphatic heterocycles. The Balaban J connectivity index is 1.35. The summed E-state index contributed by atoms with van der Waals surface area (Å²) in [6.45, 7) is 1.85. The third-order valence-corrected chi connectivity index (χ3v) is 4.63. The van der Waals surface area contributed by atoms with Crippen LogP contribution in [-0.4, -0.2) is 29.9 Å². The first-order valence-corrected chi connectivity index (χ1v) is 8.30. The van der Waals surface area contributed by atoms with Gasteiger partial charge in [-0.15, -0.1) is 0 Å². The highest BCUT2D eigenvalue weighted by atomic mass is 19.1. The van der Waals surface area contributed by atoms with Crippen molar-refractivity contribution in [2.24, 2.45) is 4.99 Å². The molecular weight excluding hydrogens is 305 g/mol. The number of halogens is 1. The van der Waals surface area contributed by atoms with Crippen molar-refractivity contribution >= 4 is 17.2 Å². The Kier molecular flexibility index (Phi) is 3.84. The summed E-state index contributed by atoms with van der Waals surface area (Å²) in [7, 11) is 0. The Morgan fingerprint density at radius 3 is 2.58 bits per heavy atom. The van der Waals surface area contributed by atoms with Gasteiger partial charge in [0.2, 0.25) is 0 Å². The summed E-state index contributed by atoms with van der Waals surface area (Å²) in [6.07, 6.45) is 2.93. The Bertz CT molecular complexity index is 765. The second-order valence-electron chi connectivity index (χ2n) is 6.35. The topological polar surface area (TPSA) is 50.8 Å². The summed E-state index contributed by atoms with van der Waals surface area (Å²) in [5, 5.41) is 0. The van der Waals surface area contributed by atoms with Gasteiger partial charge < -0.3 is 15.4 Å². The van der Waals surface area contributed by atoms with Crippen LogP contribution in [0.2, 0.25) is 0 Å². The maximum absolute atomic E-state index is 12.9. The van der Waals surface area contributed by atoms with Gasteiger partial charge >= 0.3 is 0 Å². The third-order valence-electron chi connectivity index (χ3n) is 4.63. The molecule has 2 heterocycles. The van der Waals surface area contributed by atoms with Crippen LogP contribution in [0.5, 0.6) is 5.75 Å². The van der Waals surface area contributed by atoms with Gasteiger partial charge in [-0.05, 0) is 42.0 Å². The monoisotopic (exact) mass is 325 g/mol. The molecule has 2 aliphatic rings. The number of amidine groups is 1.